The summed E-state index contributed by atoms with van der Waals surface area (Å²) in [6.07, 6.45) is 8.67. The Hall–Kier alpha value is -2.91. The minimum atomic E-state index is -2.39. The molecular weight excluding hydrogens is 412 g/mol. The summed E-state index contributed by atoms with van der Waals surface area (Å²) < 4.78 is 21.2. The lowest BCUT2D eigenvalue weighted by Crippen LogP contribution is -2.31. The molecule has 0 bridgehead atoms. The number of nitrogens with one attached hydrogen (secondary N) is 2. The Morgan fingerprint density at radius 3 is 2.71 bits per heavy atom. The maximum absolute atomic E-state index is 12.0. The van der Waals surface area contributed by atoms with Crippen molar-refractivity contribution in [3.05, 3.63) is 42.4 Å². The molecule has 0 saturated heterocycles. The number of ether oxygens (including phenoxy) is 1. The summed E-state index contributed by atoms with van der Waals surface area (Å²) >= 11 is 0. The molecule has 2 aromatic heterocycles. The molecule has 4 rings (SSSR count). The number of fused-ring (bicyclic) bond motifs is 1. The van der Waals surface area contributed by atoms with Crippen molar-refractivity contribution in [3.8, 4) is 5.88 Å². The third kappa shape index (κ3) is 5.23. The largest absolute Gasteiger partial charge is 0.473 e. The highest BCUT2D eigenvalue weighted by molar-refractivity contribution is 8.00. The van der Waals surface area contributed by atoms with Crippen LogP contribution < -0.4 is 20.5 Å². The van der Waals surface area contributed by atoms with Gasteiger partial charge in [0.15, 0.2) is 0 Å². The fourth-order valence-electron chi connectivity index (χ4n) is 3.87. The van der Waals surface area contributed by atoms with E-state index in [2.05, 4.69) is 30.9 Å². The van der Waals surface area contributed by atoms with Gasteiger partial charge >= 0.3 is 0 Å². The lowest BCUT2D eigenvalue weighted by Gasteiger charge is -2.27. The average Bonchev–Trinajstić information content (AvgIpc) is 2.70. The van der Waals surface area contributed by atoms with E-state index in [-0.39, 0.29) is 12.1 Å². The van der Waals surface area contributed by atoms with E-state index < -0.39 is 9.71 Å². The van der Waals surface area contributed by atoms with Crippen molar-refractivity contribution < 1.29 is 8.95 Å². The number of hydrogen-bond acceptors (Lipinski definition) is 7. The number of aromatic nitrogens is 3. The van der Waals surface area contributed by atoms with Gasteiger partial charge in [0.2, 0.25) is 5.88 Å². The topological polar surface area (TPSA) is 115 Å². The predicted octanol–water partition coefficient (Wildman–Crippen LogP) is 3.40. The van der Waals surface area contributed by atoms with Crippen molar-refractivity contribution in [3.63, 3.8) is 0 Å². The second kappa shape index (κ2) is 8.68. The molecule has 9 heteroatoms. The standard InChI is InChI=1S/C22H28N6O2S/c1-14-11-16(28-31(2,3)29)12-19-20(14)21(26-13-25-19)27-18-5-4-10-24-22(18)30-17-8-6-15(23)7-9-17/h4-5,10-13,15,17H,2,6-9,23H2,1,3H3,(H,28,29)(H,25,26,27). The van der Waals surface area contributed by atoms with E-state index in [1.165, 1.54) is 6.33 Å². The number of nitrogens with two attached hydrogens (primary N) is 1. The van der Waals surface area contributed by atoms with Crippen LogP contribution in [-0.2, 0) is 9.71 Å². The Labute approximate surface area is 182 Å². The molecule has 31 heavy (non-hydrogen) atoms. The number of hydrogen-bond donors (Lipinski definition) is 3. The van der Waals surface area contributed by atoms with E-state index in [9.17, 15) is 4.21 Å². The number of anilines is 3. The second-order valence-corrected chi connectivity index (χ2v) is 10.4. The van der Waals surface area contributed by atoms with Crippen molar-refractivity contribution in [2.45, 2.75) is 44.8 Å². The van der Waals surface area contributed by atoms with E-state index >= 15 is 0 Å². The molecule has 1 saturated carbocycles. The van der Waals surface area contributed by atoms with Gasteiger partial charge in [-0.1, -0.05) is 0 Å². The van der Waals surface area contributed by atoms with Gasteiger partial charge in [0.25, 0.3) is 0 Å². The normalized spacial score (nSPS) is 20.7. The first-order chi connectivity index (χ1) is 14.8. The summed E-state index contributed by atoms with van der Waals surface area (Å²) in [4.78, 5) is 13.3. The quantitative estimate of drug-likeness (QED) is 0.503. The number of pyridine rings is 1. The maximum Gasteiger partial charge on any atom is 0.238 e. The molecule has 0 amide bonds. The van der Waals surface area contributed by atoms with Gasteiger partial charge in [-0.3, -0.25) is 0 Å². The Bertz CT molecular complexity index is 1190. The fourth-order valence-corrected chi connectivity index (χ4v) is 4.48. The summed E-state index contributed by atoms with van der Waals surface area (Å²) in [7, 11) is -2.39. The van der Waals surface area contributed by atoms with E-state index in [4.69, 9.17) is 10.5 Å². The van der Waals surface area contributed by atoms with Crippen molar-refractivity contribution in [2.75, 3.05) is 16.3 Å². The molecule has 4 N–H and O–H groups in total. The lowest BCUT2D eigenvalue weighted by molar-refractivity contribution is 0.142. The zero-order valence-electron chi connectivity index (χ0n) is 17.8. The number of aryl methyl sites for hydroxylation is 1. The van der Waals surface area contributed by atoms with Gasteiger partial charge in [-0.05, 0) is 68.3 Å². The van der Waals surface area contributed by atoms with Gasteiger partial charge in [0, 0.05) is 39.3 Å². The molecule has 1 aliphatic rings. The van der Waals surface area contributed by atoms with Crippen molar-refractivity contribution in [1.29, 1.82) is 0 Å². The third-order valence-corrected chi connectivity index (χ3v) is 5.96. The Kier molecular flexibility index (Phi) is 5.97. The maximum atomic E-state index is 12.0. The first-order valence-corrected chi connectivity index (χ1v) is 12.4. The van der Waals surface area contributed by atoms with Crippen LogP contribution in [0.4, 0.5) is 17.2 Å². The summed E-state index contributed by atoms with van der Waals surface area (Å²) in [6.45, 7) is 1.97. The predicted molar refractivity (Wildman–Crippen MR) is 127 cm³/mol. The van der Waals surface area contributed by atoms with Gasteiger partial charge in [-0.2, -0.15) is 0 Å². The molecule has 164 valence electrons. The van der Waals surface area contributed by atoms with Crippen molar-refractivity contribution >= 4 is 43.7 Å². The molecule has 0 aliphatic heterocycles. The molecule has 2 heterocycles. The highest BCUT2D eigenvalue weighted by Crippen LogP contribution is 2.33. The van der Waals surface area contributed by atoms with Crippen LogP contribution in [0.1, 0.15) is 31.2 Å². The molecule has 3 aromatic rings. The molecular formula is C22H28N6O2S. The molecule has 1 aromatic carbocycles. The summed E-state index contributed by atoms with van der Waals surface area (Å²) in [5.74, 6) is 4.86. The molecule has 0 spiro atoms. The molecule has 0 radical (unpaired) electrons. The summed E-state index contributed by atoms with van der Waals surface area (Å²) in [5.41, 5.74) is 9.14. The SMILES string of the molecule is C=S(C)(=O)Nc1cc(C)c2c(Nc3cccnc3OC3CCC(N)CC3)ncnc2c1. The van der Waals surface area contributed by atoms with Crippen LogP contribution in [0.3, 0.4) is 0 Å². The van der Waals surface area contributed by atoms with Crippen molar-refractivity contribution in [1.82, 2.24) is 15.0 Å². The average molecular weight is 441 g/mol. The van der Waals surface area contributed by atoms with Crippen LogP contribution >= 0.6 is 0 Å². The lowest BCUT2D eigenvalue weighted by atomic mass is 9.94. The molecule has 1 aliphatic carbocycles. The van der Waals surface area contributed by atoms with Crippen LogP contribution in [0.25, 0.3) is 10.9 Å². The molecule has 1 unspecified atom stereocenters. The summed E-state index contributed by atoms with van der Waals surface area (Å²) in [5, 5.41) is 4.24. The van der Waals surface area contributed by atoms with Gasteiger partial charge < -0.3 is 20.5 Å². The monoisotopic (exact) mass is 440 g/mol. The van der Waals surface area contributed by atoms with Gasteiger partial charge in [0.1, 0.15) is 23.9 Å². The molecule has 8 nitrogen and oxygen atoms in total. The van der Waals surface area contributed by atoms with E-state index in [1.807, 2.05) is 31.2 Å². The van der Waals surface area contributed by atoms with Gasteiger partial charge in [-0.15, -0.1) is 0 Å². The highest BCUT2D eigenvalue weighted by Gasteiger charge is 2.21. The smallest absolute Gasteiger partial charge is 0.238 e. The van der Waals surface area contributed by atoms with Crippen LogP contribution in [0.15, 0.2) is 36.8 Å². The zero-order chi connectivity index (χ0) is 22.0. The molecule has 1 atom stereocenters. The van der Waals surface area contributed by atoms with E-state index in [0.29, 0.717) is 17.4 Å². The minimum Gasteiger partial charge on any atom is -0.473 e. The van der Waals surface area contributed by atoms with Gasteiger partial charge in [-0.25, -0.2) is 19.2 Å². The zero-order valence-corrected chi connectivity index (χ0v) is 18.6. The Morgan fingerprint density at radius 2 is 1.97 bits per heavy atom. The third-order valence-electron chi connectivity index (χ3n) is 5.29. The van der Waals surface area contributed by atoms with E-state index in [1.54, 1.807) is 12.5 Å². The van der Waals surface area contributed by atoms with E-state index in [0.717, 1.165) is 47.8 Å². The van der Waals surface area contributed by atoms with Crippen molar-refractivity contribution in [2.24, 2.45) is 5.73 Å². The first kappa shape index (κ1) is 21.3. The van der Waals surface area contributed by atoms with Gasteiger partial charge in [0.05, 0.1) is 5.52 Å². The second-order valence-electron chi connectivity index (χ2n) is 8.15. The summed E-state index contributed by atoms with van der Waals surface area (Å²) in [6, 6.07) is 7.80. The van der Waals surface area contributed by atoms with Crippen LogP contribution in [-0.4, -0.2) is 43.4 Å². The number of rotatable bonds is 6. The molecule has 1 fully saturated rings. The van der Waals surface area contributed by atoms with Crippen LogP contribution in [0.2, 0.25) is 0 Å². The fraction of sp³-hybridized carbons (Fsp3) is 0.364. The number of benzene rings is 1. The minimum absolute atomic E-state index is 0.110. The van der Waals surface area contributed by atoms with Crippen LogP contribution in [0, 0.1) is 6.92 Å². The number of nitrogens with zero attached hydrogens (tertiary/aromatic N) is 3. The first-order valence-electron chi connectivity index (χ1n) is 10.3. The highest BCUT2D eigenvalue weighted by atomic mass is 32.2. The van der Waals surface area contributed by atoms with Crippen LogP contribution in [0.5, 0.6) is 5.88 Å². The Morgan fingerprint density at radius 1 is 1.19 bits per heavy atom. The Balaban J connectivity index is 1.63.